The van der Waals surface area contributed by atoms with Crippen molar-refractivity contribution in [1.82, 2.24) is 0 Å². The summed E-state index contributed by atoms with van der Waals surface area (Å²) in [7, 11) is -1.63. The van der Waals surface area contributed by atoms with Crippen LogP contribution < -0.4 is 4.89 Å². The van der Waals surface area contributed by atoms with Gasteiger partial charge in [-0.1, -0.05) is 41.1 Å². The highest BCUT2D eigenvalue weighted by Crippen LogP contribution is 2.31. The SMILES string of the molecule is S=[P](OCl)OOc1cccc2ccccc12. The summed E-state index contributed by atoms with van der Waals surface area (Å²) < 4.78 is 9.10. The smallest absolute Gasteiger partial charge is 0.266 e. The number of halogens is 1. The Kier molecular flexibility index (Phi) is 4.04. The summed E-state index contributed by atoms with van der Waals surface area (Å²) in [4.78, 5) is 5.09. The van der Waals surface area contributed by atoms with Crippen molar-refractivity contribution in [2.45, 2.75) is 0 Å². The molecule has 0 bridgehead atoms. The molecule has 0 fully saturated rings. The van der Waals surface area contributed by atoms with E-state index < -0.39 is 7.15 Å². The summed E-state index contributed by atoms with van der Waals surface area (Å²) in [6.45, 7) is 0. The summed E-state index contributed by atoms with van der Waals surface area (Å²) in [6, 6.07) is 13.4. The van der Waals surface area contributed by atoms with E-state index in [0.29, 0.717) is 5.75 Å². The molecule has 0 aliphatic carbocycles. The first-order valence-corrected chi connectivity index (χ1v) is 6.89. The largest absolute Gasteiger partial charge is 0.326 e. The second-order valence-electron chi connectivity index (χ2n) is 2.93. The molecule has 1 unspecified atom stereocenters. The third-order valence-electron chi connectivity index (χ3n) is 1.99. The molecule has 16 heavy (non-hydrogen) atoms. The van der Waals surface area contributed by atoms with E-state index in [-0.39, 0.29) is 0 Å². The molecule has 0 aliphatic heterocycles. The molecule has 2 aromatic rings. The van der Waals surface area contributed by atoms with Gasteiger partial charge in [0.25, 0.3) is 7.15 Å². The Labute approximate surface area is 104 Å². The van der Waals surface area contributed by atoms with Crippen molar-refractivity contribution in [3.05, 3.63) is 42.5 Å². The minimum Gasteiger partial charge on any atom is -0.326 e. The minimum absolute atomic E-state index is 0.587. The lowest BCUT2D eigenvalue weighted by atomic mass is 10.1. The van der Waals surface area contributed by atoms with Crippen LogP contribution in [0.2, 0.25) is 0 Å². The molecule has 1 radical (unpaired) electrons. The van der Waals surface area contributed by atoms with E-state index >= 15 is 0 Å². The molecule has 0 saturated carbocycles. The Hall–Kier alpha value is -0.770. The standard InChI is InChI=1S/C10H7ClO3PS/c11-13-15(16)14-12-10-7-3-5-8-4-1-2-6-9(8)10/h1-7H. The van der Waals surface area contributed by atoms with Crippen LogP contribution >= 0.6 is 19.0 Å². The monoisotopic (exact) mass is 273 g/mol. The van der Waals surface area contributed by atoms with Gasteiger partial charge in [-0.25, -0.2) is 0 Å². The van der Waals surface area contributed by atoms with Crippen LogP contribution in [-0.2, 0) is 20.6 Å². The van der Waals surface area contributed by atoms with Crippen LogP contribution in [-0.4, -0.2) is 0 Å². The lowest BCUT2D eigenvalue weighted by Crippen LogP contribution is -1.90. The quantitative estimate of drug-likeness (QED) is 0.476. The Morgan fingerprint density at radius 1 is 1.06 bits per heavy atom. The zero-order chi connectivity index (χ0) is 11.4. The fourth-order valence-corrected chi connectivity index (χ4v) is 1.67. The first-order chi connectivity index (χ1) is 7.81. The molecule has 0 saturated heterocycles. The first-order valence-electron chi connectivity index (χ1n) is 4.39. The molecule has 0 amide bonds. The van der Waals surface area contributed by atoms with Gasteiger partial charge in [-0.3, -0.25) is 0 Å². The Balaban J connectivity index is 2.27. The Morgan fingerprint density at radius 3 is 2.62 bits per heavy atom. The fraction of sp³-hybridized carbons (Fsp3) is 0. The highest BCUT2D eigenvalue weighted by atomic mass is 35.5. The summed E-state index contributed by atoms with van der Waals surface area (Å²) in [6.07, 6.45) is 0. The maximum absolute atomic E-state index is 5.09. The van der Waals surface area contributed by atoms with Crippen molar-refractivity contribution in [2.24, 2.45) is 0 Å². The van der Waals surface area contributed by atoms with Crippen LogP contribution in [0.1, 0.15) is 0 Å². The Morgan fingerprint density at radius 2 is 1.81 bits per heavy atom. The molecule has 0 heterocycles. The van der Waals surface area contributed by atoms with Gasteiger partial charge in [0.2, 0.25) is 0 Å². The van der Waals surface area contributed by atoms with Crippen molar-refractivity contribution in [3.63, 3.8) is 0 Å². The number of fused-ring (bicyclic) bond motifs is 1. The Bertz CT molecular complexity index is 515. The summed E-state index contributed by atoms with van der Waals surface area (Å²) in [5.41, 5.74) is 0. The minimum atomic E-state index is -1.63. The van der Waals surface area contributed by atoms with Gasteiger partial charge >= 0.3 is 0 Å². The van der Waals surface area contributed by atoms with E-state index in [1.165, 1.54) is 0 Å². The van der Waals surface area contributed by atoms with E-state index in [1.807, 2.05) is 36.4 Å². The highest BCUT2D eigenvalue weighted by molar-refractivity contribution is 8.01. The molecule has 2 aromatic carbocycles. The second-order valence-corrected chi connectivity index (χ2v) is 4.97. The van der Waals surface area contributed by atoms with E-state index in [4.69, 9.17) is 33.2 Å². The number of benzene rings is 2. The van der Waals surface area contributed by atoms with Crippen molar-refractivity contribution >= 4 is 41.6 Å². The van der Waals surface area contributed by atoms with E-state index in [0.717, 1.165) is 10.8 Å². The van der Waals surface area contributed by atoms with Gasteiger partial charge in [-0.05, 0) is 23.3 Å². The lowest BCUT2D eigenvalue weighted by molar-refractivity contribution is -0.0901. The molecule has 0 aliphatic rings. The van der Waals surface area contributed by atoms with E-state index in [1.54, 1.807) is 6.07 Å². The molecule has 2 rings (SSSR count). The third kappa shape index (κ3) is 2.67. The van der Waals surface area contributed by atoms with Crippen LogP contribution in [0.5, 0.6) is 5.75 Å². The molecule has 0 aromatic heterocycles. The summed E-state index contributed by atoms with van der Waals surface area (Å²) in [5, 5.41) is 2.00. The molecular weight excluding hydrogens is 267 g/mol. The first kappa shape index (κ1) is 11.7. The summed E-state index contributed by atoms with van der Waals surface area (Å²) >= 11 is 9.78. The lowest BCUT2D eigenvalue weighted by Gasteiger charge is -2.06. The topological polar surface area (TPSA) is 27.7 Å². The van der Waals surface area contributed by atoms with Crippen molar-refractivity contribution in [1.29, 1.82) is 0 Å². The van der Waals surface area contributed by atoms with Crippen LogP contribution in [0.25, 0.3) is 10.8 Å². The normalized spacial score (nSPS) is 11.4. The van der Waals surface area contributed by atoms with Gasteiger partial charge in [-0.15, -0.1) is 0 Å². The molecule has 0 N–H and O–H groups in total. The molecule has 1 atom stereocenters. The summed E-state index contributed by atoms with van der Waals surface area (Å²) in [5.74, 6) is 0.587. The third-order valence-corrected chi connectivity index (χ3v) is 3.33. The average Bonchev–Trinajstić information content (AvgIpc) is 2.35. The zero-order valence-electron chi connectivity index (χ0n) is 8.00. The predicted octanol–water partition coefficient (Wildman–Crippen LogP) is 4.09. The van der Waals surface area contributed by atoms with Gasteiger partial charge in [0.05, 0.1) is 11.9 Å². The molecule has 3 nitrogen and oxygen atoms in total. The van der Waals surface area contributed by atoms with Gasteiger partial charge in [-0.2, -0.15) is 4.08 Å². The van der Waals surface area contributed by atoms with Crippen LogP contribution in [0.3, 0.4) is 0 Å². The van der Waals surface area contributed by atoms with Gasteiger partial charge < -0.3 is 4.89 Å². The van der Waals surface area contributed by atoms with Crippen LogP contribution in [0.4, 0.5) is 0 Å². The number of hydrogen-bond donors (Lipinski definition) is 0. The average molecular weight is 274 g/mol. The molecule has 0 spiro atoms. The van der Waals surface area contributed by atoms with Crippen molar-refractivity contribution in [3.8, 4) is 5.75 Å². The molecule has 83 valence electrons. The second kappa shape index (κ2) is 5.53. The maximum Gasteiger partial charge on any atom is 0.266 e. The van der Waals surface area contributed by atoms with Crippen molar-refractivity contribution in [2.75, 3.05) is 0 Å². The van der Waals surface area contributed by atoms with E-state index in [9.17, 15) is 0 Å². The number of rotatable bonds is 4. The van der Waals surface area contributed by atoms with Crippen molar-refractivity contribution < 1.29 is 13.6 Å². The highest BCUT2D eigenvalue weighted by Gasteiger charge is 2.04. The molecule has 6 heteroatoms. The number of hydrogen-bond acceptors (Lipinski definition) is 4. The zero-order valence-corrected chi connectivity index (χ0v) is 10.5. The molecular formula is C10H7ClO3PS. The van der Waals surface area contributed by atoms with E-state index in [2.05, 4.69) is 4.08 Å². The van der Waals surface area contributed by atoms with Gasteiger partial charge in [0.15, 0.2) is 5.75 Å². The van der Waals surface area contributed by atoms with Crippen LogP contribution in [0.15, 0.2) is 42.5 Å². The fourth-order valence-electron chi connectivity index (χ4n) is 1.35. The van der Waals surface area contributed by atoms with Gasteiger partial charge in [0.1, 0.15) is 0 Å². The maximum atomic E-state index is 5.09. The van der Waals surface area contributed by atoms with Crippen LogP contribution in [0, 0.1) is 0 Å². The van der Waals surface area contributed by atoms with Gasteiger partial charge in [0, 0.05) is 5.39 Å². The predicted molar refractivity (Wildman–Crippen MR) is 66.9 cm³/mol.